The molecule has 90 valence electrons. The lowest BCUT2D eigenvalue weighted by molar-refractivity contribution is 0.117. The van der Waals surface area contributed by atoms with Gasteiger partial charge in [0, 0.05) is 5.54 Å². The third kappa shape index (κ3) is 2.67. The average molecular weight is 288 g/mol. The van der Waals surface area contributed by atoms with Crippen molar-refractivity contribution in [1.82, 2.24) is 5.32 Å². The maximum atomic E-state index is 9.53. The zero-order valence-corrected chi connectivity index (χ0v) is 10.9. The highest BCUT2D eigenvalue weighted by Gasteiger charge is 2.30. The second-order valence-electron chi connectivity index (χ2n) is 4.54. The lowest BCUT2D eigenvalue weighted by atomic mass is 9.82. The quantitative estimate of drug-likeness (QED) is 0.895. The van der Waals surface area contributed by atoms with E-state index < -0.39 is 0 Å². The van der Waals surface area contributed by atoms with Crippen molar-refractivity contribution in [1.29, 1.82) is 0 Å². The Morgan fingerprint density at radius 3 is 2.69 bits per heavy atom. The van der Waals surface area contributed by atoms with Crippen LogP contribution in [0.1, 0.15) is 37.9 Å². The van der Waals surface area contributed by atoms with Crippen LogP contribution in [-0.4, -0.2) is 17.3 Å². The van der Waals surface area contributed by atoms with Crippen molar-refractivity contribution in [2.45, 2.75) is 44.2 Å². The molecule has 0 spiro atoms. The van der Waals surface area contributed by atoms with Crippen LogP contribution in [0, 0.1) is 0 Å². The Morgan fingerprint density at radius 1 is 1.38 bits per heavy atom. The highest BCUT2D eigenvalue weighted by molar-refractivity contribution is 9.10. The highest BCUT2D eigenvalue weighted by Crippen LogP contribution is 2.28. The molecule has 0 amide bonds. The van der Waals surface area contributed by atoms with Crippen LogP contribution in [0.4, 0.5) is 0 Å². The van der Waals surface area contributed by atoms with Gasteiger partial charge < -0.3 is 14.8 Å². The van der Waals surface area contributed by atoms with Gasteiger partial charge in [0.05, 0.1) is 23.9 Å². The van der Waals surface area contributed by atoms with E-state index in [2.05, 4.69) is 21.2 Å². The van der Waals surface area contributed by atoms with E-state index in [-0.39, 0.29) is 12.1 Å². The molecule has 0 atom stereocenters. The molecule has 1 fully saturated rings. The van der Waals surface area contributed by atoms with E-state index in [1.54, 1.807) is 6.26 Å². The number of hydrogen-bond acceptors (Lipinski definition) is 3. The summed E-state index contributed by atoms with van der Waals surface area (Å²) in [5.74, 6) is 0.901. The molecule has 3 nitrogen and oxygen atoms in total. The highest BCUT2D eigenvalue weighted by atomic mass is 79.9. The standard InChI is InChI=1S/C12H18BrNO2/c13-10-4-7-16-11(10)8-14-12(9-15)5-2-1-3-6-12/h4,7,14-15H,1-3,5-6,8-9H2. The molecule has 1 aromatic heterocycles. The van der Waals surface area contributed by atoms with Crippen LogP contribution in [0.15, 0.2) is 21.2 Å². The van der Waals surface area contributed by atoms with Crippen molar-refractivity contribution in [2.24, 2.45) is 0 Å². The van der Waals surface area contributed by atoms with Gasteiger partial charge in [-0.05, 0) is 34.8 Å². The summed E-state index contributed by atoms with van der Waals surface area (Å²) in [5.41, 5.74) is -0.0928. The van der Waals surface area contributed by atoms with Gasteiger partial charge in [0.15, 0.2) is 0 Å². The van der Waals surface area contributed by atoms with E-state index >= 15 is 0 Å². The van der Waals surface area contributed by atoms with Gasteiger partial charge in [-0.3, -0.25) is 0 Å². The summed E-state index contributed by atoms with van der Waals surface area (Å²) in [6.07, 6.45) is 7.48. The third-order valence-corrected chi connectivity index (χ3v) is 4.13. The van der Waals surface area contributed by atoms with E-state index in [0.717, 1.165) is 23.1 Å². The van der Waals surface area contributed by atoms with Crippen LogP contribution in [-0.2, 0) is 6.54 Å². The van der Waals surface area contributed by atoms with Gasteiger partial charge in [0.25, 0.3) is 0 Å². The SMILES string of the molecule is OCC1(NCc2occc2Br)CCCCC1. The fraction of sp³-hybridized carbons (Fsp3) is 0.667. The van der Waals surface area contributed by atoms with Crippen LogP contribution < -0.4 is 5.32 Å². The van der Waals surface area contributed by atoms with Gasteiger partial charge in [-0.15, -0.1) is 0 Å². The number of rotatable bonds is 4. The Morgan fingerprint density at radius 2 is 2.12 bits per heavy atom. The number of nitrogens with one attached hydrogen (secondary N) is 1. The van der Waals surface area contributed by atoms with Gasteiger partial charge in [-0.2, -0.15) is 0 Å². The minimum Gasteiger partial charge on any atom is -0.467 e. The molecule has 0 bridgehead atoms. The summed E-state index contributed by atoms with van der Waals surface area (Å²) in [4.78, 5) is 0. The molecule has 0 aliphatic heterocycles. The fourth-order valence-corrected chi connectivity index (χ4v) is 2.68. The van der Waals surface area contributed by atoms with E-state index in [9.17, 15) is 5.11 Å². The maximum Gasteiger partial charge on any atom is 0.131 e. The molecule has 0 saturated heterocycles. The van der Waals surface area contributed by atoms with E-state index in [4.69, 9.17) is 4.42 Å². The van der Waals surface area contributed by atoms with E-state index in [1.807, 2.05) is 6.07 Å². The first-order chi connectivity index (χ1) is 7.76. The fourth-order valence-electron chi connectivity index (χ4n) is 2.34. The molecule has 2 N–H and O–H groups in total. The summed E-state index contributed by atoms with van der Waals surface area (Å²) in [6, 6.07) is 1.89. The monoisotopic (exact) mass is 287 g/mol. The normalized spacial score (nSPS) is 19.9. The molecule has 0 aromatic carbocycles. The zero-order valence-electron chi connectivity index (χ0n) is 9.34. The number of aliphatic hydroxyl groups excluding tert-OH is 1. The molecule has 0 unspecified atom stereocenters. The summed E-state index contributed by atoms with van der Waals surface area (Å²) >= 11 is 3.43. The van der Waals surface area contributed by atoms with Gasteiger partial charge in [-0.25, -0.2) is 0 Å². The van der Waals surface area contributed by atoms with Gasteiger partial charge in [0.1, 0.15) is 5.76 Å². The first kappa shape index (κ1) is 12.1. The van der Waals surface area contributed by atoms with Crippen molar-refractivity contribution < 1.29 is 9.52 Å². The van der Waals surface area contributed by atoms with Gasteiger partial charge in [-0.1, -0.05) is 19.3 Å². The molecule has 1 heterocycles. The van der Waals surface area contributed by atoms with Crippen molar-refractivity contribution in [3.63, 3.8) is 0 Å². The zero-order chi connectivity index (χ0) is 11.4. The molecule has 0 radical (unpaired) electrons. The summed E-state index contributed by atoms with van der Waals surface area (Å²) in [7, 11) is 0. The minimum absolute atomic E-state index is 0.0928. The first-order valence-corrected chi connectivity index (χ1v) is 6.63. The number of furan rings is 1. The molecule has 2 rings (SSSR count). The lowest BCUT2D eigenvalue weighted by Crippen LogP contribution is -2.49. The van der Waals surface area contributed by atoms with Crippen LogP contribution in [0.25, 0.3) is 0 Å². The van der Waals surface area contributed by atoms with Crippen molar-refractivity contribution in [3.8, 4) is 0 Å². The van der Waals surface area contributed by atoms with Crippen LogP contribution in [0.2, 0.25) is 0 Å². The lowest BCUT2D eigenvalue weighted by Gasteiger charge is -2.36. The van der Waals surface area contributed by atoms with Crippen molar-refractivity contribution >= 4 is 15.9 Å². The van der Waals surface area contributed by atoms with Crippen molar-refractivity contribution in [3.05, 3.63) is 22.6 Å². The summed E-state index contributed by atoms with van der Waals surface area (Å²) in [5, 5.41) is 13.0. The molecule has 1 saturated carbocycles. The molecular weight excluding hydrogens is 270 g/mol. The largest absolute Gasteiger partial charge is 0.467 e. The van der Waals surface area contributed by atoms with E-state index in [1.165, 1.54) is 19.3 Å². The Balaban J connectivity index is 1.94. The molecular formula is C12H18BrNO2. The smallest absolute Gasteiger partial charge is 0.131 e. The van der Waals surface area contributed by atoms with Gasteiger partial charge in [0.2, 0.25) is 0 Å². The first-order valence-electron chi connectivity index (χ1n) is 5.83. The Kier molecular flexibility index (Phi) is 4.05. The summed E-state index contributed by atoms with van der Waals surface area (Å²) in [6.45, 7) is 0.888. The Bertz CT molecular complexity index is 332. The van der Waals surface area contributed by atoms with Crippen LogP contribution in [0.5, 0.6) is 0 Å². The summed E-state index contributed by atoms with van der Waals surface area (Å²) < 4.78 is 6.34. The predicted molar refractivity (Wildman–Crippen MR) is 66.1 cm³/mol. The van der Waals surface area contributed by atoms with Gasteiger partial charge >= 0.3 is 0 Å². The maximum absolute atomic E-state index is 9.53. The number of hydrogen-bond donors (Lipinski definition) is 2. The van der Waals surface area contributed by atoms with E-state index in [0.29, 0.717) is 6.54 Å². The van der Waals surface area contributed by atoms with Crippen LogP contribution >= 0.6 is 15.9 Å². The second kappa shape index (κ2) is 5.34. The molecule has 1 aromatic rings. The number of halogens is 1. The second-order valence-corrected chi connectivity index (χ2v) is 5.40. The third-order valence-electron chi connectivity index (χ3n) is 3.43. The molecule has 16 heavy (non-hydrogen) atoms. The Hall–Kier alpha value is -0.320. The molecule has 4 heteroatoms. The Labute approximate surface area is 104 Å². The molecule has 1 aliphatic carbocycles. The molecule has 1 aliphatic rings. The predicted octanol–water partition coefficient (Wildman–Crippen LogP) is 2.83. The van der Waals surface area contributed by atoms with Crippen LogP contribution in [0.3, 0.4) is 0 Å². The van der Waals surface area contributed by atoms with Crippen molar-refractivity contribution in [2.75, 3.05) is 6.61 Å². The topological polar surface area (TPSA) is 45.4 Å². The number of aliphatic hydroxyl groups is 1. The average Bonchev–Trinajstić information content (AvgIpc) is 2.74. The minimum atomic E-state index is -0.0928.